The van der Waals surface area contributed by atoms with Crippen LogP contribution < -0.4 is 10.6 Å². The molecular formula is C14H23N3O2. The molecule has 1 amide bonds. The molecule has 19 heavy (non-hydrogen) atoms. The van der Waals surface area contributed by atoms with Crippen LogP contribution in [0.15, 0.2) is 18.3 Å². The van der Waals surface area contributed by atoms with Gasteiger partial charge in [0.25, 0.3) is 0 Å². The first-order valence-corrected chi connectivity index (χ1v) is 6.75. The summed E-state index contributed by atoms with van der Waals surface area (Å²) in [5.74, 6) is 0.624. The number of nitrogens with zero attached hydrogens (tertiary/aromatic N) is 1. The molecule has 0 aliphatic heterocycles. The van der Waals surface area contributed by atoms with E-state index in [0.717, 1.165) is 38.1 Å². The minimum absolute atomic E-state index is 0.0233. The minimum atomic E-state index is 0.0233. The molecule has 5 nitrogen and oxygen atoms in total. The van der Waals surface area contributed by atoms with Crippen molar-refractivity contribution in [3.8, 4) is 0 Å². The Labute approximate surface area is 114 Å². The summed E-state index contributed by atoms with van der Waals surface area (Å²) < 4.78 is 4.97. The Hall–Kier alpha value is -1.62. The molecule has 2 N–H and O–H groups in total. The molecule has 0 aromatic carbocycles. The van der Waals surface area contributed by atoms with Gasteiger partial charge in [-0.1, -0.05) is 13.3 Å². The van der Waals surface area contributed by atoms with Crippen LogP contribution in [0.25, 0.3) is 0 Å². The van der Waals surface area contributed by atoms with Gasteiger partial charge in [0.05, 0.1) is 11.9 Å². The number of unbranched alkanes of at least 4 members (excludes halogenated alkanes) is 1. The van der Waals surface area contributed by atoms with E-state index in [1.165, 1.54) is 0 Å². The molecule has 1 rings (SSSR count). The topological polar surface area (TPSA) is 63.2 Å². The molecule has 0 saturated heterocycles. The van der Waals surface area contributed by atoms with E-state index in [4.69, 9.17) is 4.74 Å². The molecule has 1 aromatic rings. The van der Waals surface area contributed by atoms with Gasteiger partial charge in [0.2, 0.25) is 5.91 Å². The second-order valence-electron chi connectivity index (χ2n) is 4.36. The van der Waals surface area contributed by atoms with E-state index < -0.39 is 0 Å². The number of pyridine rings is 1. The first-order chi connectivity index (χ1) is 9.26. The number of ether oxygens (including phenoxy) is 1. The number of carbonyl (C=O) groups is 1. The van der Waals surface area contributed by atoms with Crippen LogP contribution in [0.2, 0.25) is 0 Å². The number of anilines is 2. The number of rotatable bonds is 9. The molecule has 1 aromatic heterocycles. The Morgan fingerprint density at radius 3 is 2.84 bits per heavy atom. The third kappa shape index (κ3) is 6.76. The lowest BCUT2D eigenvalue weighted by atomic mass is 10.2. The van der Waals surface area contributed by atoms with Crippen molar-refractivity contribution in [3.63, 3.8) is 0 Å². The molecular weight excluding hydrogens is 242 g/mol. The highest BCUT2D eigenvalue weighted by atomic mass is 16.5. The van der Waals surface area contributed by atoms with Crippen molar-refractivity contribution >= 4 is 17.4 Å². The summed E-state index contributed by atoms with van der Waals surface area (Å²) in [6.07, 6.45) is 5.15. The average Bonchev–Trinajstić information content (AvgIpc) is 2.43. The highest BCUT2D eigenvalue weighted by Crippen LogP contribution is 2.10. The predicted molar refractivity (Wildman–Crippen MR) is 77.4 cm³/mol. The zero-order valence-corrected chi connectivity index (χ0v) is 11.7. The summed E-state index contributed by atoms with van der Waals surface area (Å²) in [5.41, 5.74) is 0.947. The second-order valence-corrected chi connectivity index (χ2v) is 4.36. The molecule has 0 aliphatic carbocycles. The summed E-state index contributed by atoms with van der Waals surface area (Å²) in [6, 6.07) is 3.72. The molecule has 0 unspecified atom stereocenters. The van der Waals surface area contributed by atoms with Gasteiger partial charge < -0.3 is 15.4 Å². The van der Waals surface area contributed by atoms with Gasteiger partial charge in [0.1, 0.15) is 5.82 Å². The lowest BCUT2D eigenvalue weighted by Gasteiger charge is -2.07. The van der Waals surface area contributed by atoms with Crippen molar-refractivity contribution in [2.45, 2.75) is 32.6 Å². The monoisotopic (exact) mass is 265 g/mol. The summed E-state index contributed by atoms with van der Waals surface area (Å²) in [5, 5.41) is 6.02. The Morgan fingerprint density at radius 1 is 1.37 bits per heavy atom. The summed E-state index contributed by atoms with van der Waals surface area (Å²) in [4.78, 5) is 15.7. The number of hydrogen-bond acceptors (Lipinski definition) is 4. The maximum Gasteiger partial charge on any atom is 0.225 e. The molecule has 0 bridgehead atoms. The molecule has 106 valence electrons. The average molecular weight is 265 g/mol. The molecule has 0 radical (unpaired) electrons. The van der Waals surface area contributed by atoms with Crippen molar-refractivity contribution in [1.29, 1.82) is 0 Å². The SMILES string of the molecule is CCCCC(=O)Nc1ccc(NCCCOC)cn1. The van der Waals surface area contributed by atoms with Gasteiger partial charge in [-0.05, 0) is 25.0 Å². The van der Waals surface area contributed by atoms with Crippen LogP contribution in [0.5, 0.6) is 0 Å². The Morgan fingerprint density at radius 2 is 2.21 bits per heavy atom. The Bertz CT molecular complexity index is 365. The molecule has 1 heterocycles. The first kappa shape index (κ1) is 15.4. The number of aromatic nitrogens is 1. The zero-order chi connectivity index (χ0) is 13.9. The standard InChI is InChI=1S/C14H23N3O2/c1-3-4-6-14(18)17-13-8-7-12(11-16-13)15-9-5-10-19-2/h7-8,11,15H,3-6,9-10H2,1-2H3,(H,16,17,18). The van der Waals surface area contributed by atoms with Crippen LogP contribution in [-0.2, 0) is 9.53 Å². The fourth-order valence-corrected chi connectivity index (χ4v) is 1.56. The van der Waals surface area contributed by atoms with Crippen LogP contribution in [0.1, 0.15) is 32.6 Å². The normalized spacial score (nSPS) is 10.2. The number of methoxy groups -OCH3 is 1. The van der Waals surface area contributed by atoms with Crippen LogP contribution in [0.3, 0.4) is 0 Å². The van der Waals surface area contributed by atoms with E-state index in [1.807, 2.05) is 12.1 Å². The molecule has 0 saturated carbocycles. The van der Waals surface area contributed by atoms with Gasteiger partial charge >= 0.3 is 0 Å². The second kappa shape index (κ2) is 9.33. The lowest BCUT2D eigenvalue weighted by Crippen LogP contribution is -2.12. The fraction of sp³-hybridized carbons (Fsp3) is 0.571. The lowest BCUT2D eigenvalue weighted by molar-refractivity contribution is -0.116. The van der Waals surface area contributed by atoms with Crippen LogP contribution in [0.4, 0.5) is 11.5 Å². The van der Waals surface area contributed by atoms with E-state index in [0.29, 0.717) is 12.2 Å². The van der Waals surface area contributed by atoms with Crippen molar-refractivity contribution in [2.75, 3.05) is 30.9 Å². The quantitative estimate of drug-likeness (QED) is 0.674. The van der Waals surface area contributed by atoms with Gasteiger partial charge in [-0.25, -0.2) is 4.98 Å². The predicted octanol–water partition coefficient (Wildman–Crippen LogP) is 2.66. The van der Waals surface area contributed by atoms with E-state index in [-0.39, 0.29) is 5.91 Å². The molecule has 0 fully saturated rings. The van der Waals surface area contributed by atoms with E-state index in [2.05, 4.69) is 22.5 Å². The summed E-state index contributed by atoms with van der Waals surface area (Å²) >= 11 is 0. The summed E-state index contributed by atoms with van der Waals surface area (Å²) in [6.45, 7) is 3.65. The molecule has 5 heteroatoms. The minimum Gasteiger partial charge on any atom is -0.385 e. The van der Waals surface area contributed by atoms with Crippen LogP contribution in [-0.4, -0.2) is 31.2 Å². The smallest absolute Gasteiger partial charge is 0.225 e. The number of amides is 1. The molecule has 0 spiro atoms. The van der Waals surface area contributed by atoms with Gasteiger partial charge in [-0.3, -0.25) is 4.79 Å². The summed E-state index contributed by atoms with van der Waals surface area (Å²) in [7, 11) is 1.69. The van der Waals surface area contributed by atoms with E-state index in [9.17, 15) is 4.79 Å². The molecule has 0 aliphatic rings. The molecule has 0 atom stereocenters. The first-order valence-electron chi connectivity index (χ1n) is 6.75. The number of nitrogens with one attached hydrogen (secondary N) is 2. The van der Waals surface area contributed by atoms with Crippen molar-refractivity contribution in [2.24, 2.45) is 0 Å². The number of carbonyl (C=O) groups excluding carboxylic acids is 1. The maximum absolute atomic E-state index is 11.5. The number of hydrogen-bond donors (Lipinski definition) is 2. The van der Waals surface area contributed by atoms with Crippen molar-refractivity contribution < 1.29 is 9.53 Å². The van der Waals surface area contributed by atoms with Crippen LogP contribution in [0, 0.1) is 0 Å². The van der Waals surface area contributed by atoms with E-state index >= 15 is 0 Å². The van der Waals surface area contributed by atoms with E-state index in [1.54, 1.807) is 13.3 Å². The van der Waals surface area contributed by atoms with Crippen molar-refractivity contribution in [3.05, 3.63) is 18.3 Å². The van der Waals surface area contributed by atoms with Gasteiger partial charge in [0.15, 0.2) is 0 Å². The maximum atomic E-state index is 11.5. The third-order valence-electron chi connectivity index (χ3n) is 2.64. The fourth-order valence-electron chi connectivity index (χ4n) is 1.56. The Kier molecular flexibility index (Phi) is 7.58. The Balaban J connectivity index is 2.32. The highest BCUT2D eigenvalue weighted by Gasteiger charge is 2.02. The van der Waals surface area contributed by atoms with Crippen LogP contribution >= 0.6 is 0 Å². The van der Waals surface area contributed by atoms with Gasteiger partial charge in [-0.2, -0.15) is 0 Å². The zero-order valence-electron chi connectivity index (χ0n) is 11.7. The largest absolute Gasteiger partial charge is 0.385 e. The third-order valence-corrected chi connectivity index (χ3v) is 2.64. The van der Waals surface area contributed by atoms with Crippen molar-refractivity contribution in [1.82, 2.24) is 4.98 Å². The van der Waals surface area contributed by atoms with Gasteiger partial charge in [-0.15, -0.1) is 0 Å². The van der Waals surface area contributed by atoms with Gasteiger partial charge in [0, 0.05) is 26.7 Å². The highest BCUT2D eigenvalue weighted by molar-refractivity contribution is 5.89.